The lowest BCUT2D eigenvalue weighted by Crippen LogP contribution is -2.34. The first kappa shape index (κ1) is 19.9. The van der Waals surface area contributed by atoms with Gasteiger partial charge in [0.25, 0.3) is 0 Å². The minimum Gasteiger partial charge on any atom is -0.325 e. The van der Waals surface area contributed by atoms with Crippen LogP contribution in [0.4, 0.5) is 5.69 Å². The number of carbonyl (C=O) groups excluding carboxylic acids is 1. The fourth-order valence-electron chi connectivity index (χ4n) is 2.83. The Labute approximate surface area is 151 Å². The van der Waals surface area contributed by atoms with Crippen LogP contribution in [0.25, 0.3) is 0 Å². The van der Waals surface area contributed by atoms with Crippen LogP contribution in [-0.4, -0.2) is 44.9 Å². The van der Waals surface area contributed by atoms with Crippen LogP contribution >= 0.6 is 0 Å². The quantitative estimate of drug-likeness (QED) is 0.776. The van der Waals surface area contributed by atoms with Gasteiger partial charge in [-0.1, -0.05) is 19.8 Å². The summed E-state index contributed by atoms with van der Waals surface area (Å²) in [5, 5.41) is 2.84. The molecule has 140 valence electrons. The van der Waals surface area contributed by atoms with E-state index in [-0.39, 0.29) is 16.8 Å². The Hall–Kier alpha value is -1.44. The minimum atomic E-state index is -3.51. The molecule has 1 heterocycles. The Kier molecular flexibility index (Phi) is 7.40. The zero-order chi connectivity index (χ0) is 18.3. The molecule has 1 aromatic carbocycles. The van der Waals surface area contributed by atoms with Crippen molar-refractivity contribution >= 4 is 21.6 Å². The number of hydrogen-bond donors (Lipinski definition) is 2. The third kappa shape index (κ3) is 6.41. The van der Waals surface area contributed by atoms with Crippen LogP contribution in [0.5, 0.6) is 0 Å². The van der Waals surface area contributed by atoms with Crippen LogP contribution in [-0.2, 0) is 14.8 Å². The average molecular weight is 368 g/mol. The second kappa shape index (κ2) is 9.31. The largest absolute Gasteiger partial charge is 0.325 e. The molecule has 25 heavy (non-hydrogen) atoms. The smallest absolute Gasteiger partial charge is 0.240 e. The summed E-state index contributed by atoms with van der Waals surface area (Å²) >= 11 is 0. The molecule has 2 N–H and O–H groups in total. The molecule has 1 amide bonds. The summed E-state index contributed by atoms with van der Waals surface area (Å²) in [5.41, 5.74) is 0.613. The van der Waals surface area contributed by atoms with E-state index in [9.17, 15) is 13.2 Å². The summed E-state index contributed by atoms with van der Waals surface area (Å²) in [6, 6.07) is 6.19. The second-order valence-corrected chi connectivity index (χ2v) is 8.41. The van der Waals surface area contributed by atoms with E-state index in [1.807, 2.05) is 13.8 Å². The van der Waals surface area contributed by atoms with Crippen LogP contribution in [0.15, 0.2) is 29.2 Å². The normalized spacial score (nSPS) is 17.7. The molecule has 1 aliphatic heterocycles. The van der Waals surface area contributed by atoms with Gasteiger partial charge in [-0.25, -0.2) is 13.1 Å². The Morgan fingerprint density at radius 2 is 1.72 bits per heavy atom. The molecule has 1 aliphatic rings. The number of hydrogen-bond acceptors (Lipinski definition) is 4. The van der Waals surface area contributed by atoms with Crippen molar-refractivity contribution < 1.29 is 13.2 Å². The highest BCUT2D eigenvalue weighted by molar-refractivity contribution is 7.89. The molecule has 0 aromatic heterocycles. The Morgan fingerprint density at radius 3 is 2.28 bits per heavy atom. The topological polar surface area (TPSA) is 78.5 Å². The second-order valence-electron chi connectivity index (χ2n) is 6.69. The average Bonchev–Trinajstić information content (AvgIpc) is 2.83. The van der Waals surface area contributed by atoms with Gasteiger partial charge < -0.3 is 5.32 Å². The fourth-order valence-corrected chi connectivity index (χ4v) is 4.16. The van der Waals surface area contributed by atoms with Gasteiger partial charge in [0, 0.05) is 11.7 Å². The Morgan fingerprint density at radius 1 is 1.12 bits per heavy atom. The van der Waals surface area contributed by atoms with Gasteiger partial charge in [-0.3, -0.25) is 9.69 Å². The predicted octanol–water partition coefficient (Wildman–Crippen LogP) is 2.58. The van der Waals surface area contributed by atoms with Gasteiger partial charge in [-0.15, -0.1) is 0 Å². The van der Waals surface area contributed by atoms with Gasteiger partial charge in [0.15, 0.2) is 0 Å². The van der Waals surface area contributed by atoms with E-state index in [4.69, 9.17) is 0 Å². The molecule has 1 fully saturated rings. The molecule has 2 rings (SSSR count). The van der Waals surface area contributed by atoms with Crippen molar-refractivity contribution in [3.63, 3.8) is 0 Å². The van der Waals surface area contributed by atoms with E-state index in [1.165, 1.54) is 25.0 Å². The monoisotopic (exact) mass is 367 g/mol. The molecule has 1 aromatic rings. The molecule has 0 radical (unpaired) electrons. The summed E-state index contributed by atoms with van der Waals surface area (Å²) < 4.78 is 27.1. The highest BCUT2D eigenvalue weighted by Crippen LogP contribution is 2.15. The third-order valence-electron chi connectivity index (χ3n) is 4.48. The Balaban J connectivity index is 1.92. The van der Waals surface area contributed by atoms with Crippen LogP contribution in [0, 0.1) is 0 Å². The van der Waals surface area contributed by atoms with Crippen molar-refractivity contribution in [2.24, 2.45) is 0 Å². The molecule has 0 aliphatic carbocycles. The summed E-state index contributed by atoms with van der Waals surface area (Å²) in [5.74, 6) is -0.0600. The lowest BCUT2D eigenvalue weighted by atomic mass is 10.2. The maximum absolute atomic E-state index is 12.2. The summed E-state index contributed by atoms with van der Waals surface area (Å²) in [4.78, 5) is 14.6. The van der Waals surface area contributed by atoms with Crippen LogP contribution in [0.1, 0.15) is 46.0 Å². The molecular formula is C18H29N3O3S. The minimum absolute atomic E-state index is 0.0600. The summed E-state index contributed by atoms with van der Waals surface area (Å²) in [6.45, 7) is 6.07. The maximum Gasteiger partial charge on any atom is 0.240 e. The molecule has 6 nitrogen and oxygen atoms in total. The number of carbonyl (C=O) groups is 1. The highest BCUT2D eigenvalue weighted by Gasteiger charge is 2.17. The van der Waals surface area contributed by atoms with Gasteiger partial charge in [0.05, 0.1) is 11.4 Å². The SMILES string of the molecule is CCC(C)NS(=O)(=O)c1ccc(NC(=O)CN2CCCCCC2)cc1. The van der Waals surface area contributed by atoms with E-state index in [0.29, 0.717) is 12.2 Å². The number of benzene rings is 1. The highest BCUT2D eigenvalue weighted by atomic mass is 32.2. The zero-order valence-electron chi connectivity index (χ0n) is 15.1. The Bertz CT molecular complexity index is 651. The molecule has 0 spiro atoms. The predicted molar refractivity (Wildman–Crippen MR) is 100 cm³/mol. The first-order valence-corrected chi connectivity index (χ1v) is 10.5. The van der Waals surface area contributed by atoms with Crippen molar-refractivity contribution in [3.8, 4) is 0 Å². The van der Waals surface area contributed by atoms with Crippen molar-refractivity contribution in [3.05, 3.63) is 24.3 Å². The van der Waals surface area contributed by atoms with E-state index >= 15 is 0 Å². The van der Waals surface area contributed by atoms with Gasteiger partial charge in [-0.05, 0) is 63.5 Å². The molecule has 0 saturated carbocycles. The lowest BCUT2D eigenvalue weighted by Gasteiger charge is -2.19. The molecule has 0 bridgehead atoms. The summed E-state index contributed by atoms with van der Waals surface area (Å²) in [7, 11) is -3.51. The van der Waals surface area contributed by atoms with Gasteiger partial charge in [0.2, 0.25) is 15.9 Å². The number of nitrogens with one attached hydrogen (secondary N) is 2. The molecule has 1 unspecified atom stereocenters. The molecule has 7 heteroatoms. The first-order chi connectivity index (χ1) is 11.9. The molecule has 1 saturated heterocycles. The lowest BCUT2D eigenvalue weighted by molar-refractivity contribution is -0.117. The number of amides is 1. The van der Waals surface area contributed by atoms with E-state index < -0.39 is 10.0 Å². The maximum atomic E-state index is 12.2. The van der Waals surface area contributed by atoms with Crippen molar-refractivity contribution in [2.45, 2.75) is 56.9 Å². The zero-order valence-corrected chi connectivity index (χ0v) is 15.9. The van der Waals surface area contributed by atoms with Crippen molar-refractivity contribution in [1.29, 1.82) is 0 Å². The first-order valence-electron chi connectivity index (χ1n) is 9.05. The fraction of sp³-hybridized carbons (Fsp3) is 0.611. The van der Waals surface area contributed by atoms with Gasteiger partial charge >= 0.3 is 0 Å². The number of likely N-dealkylation sites (tertiary alicyclic amines) is 1. The number of nitrogens with zero attached hydrogens (tertiary/aromatic N) is 1. The van der Waals surface area contributed by atoms with E-state index in [1.54, 1.807) is 12.1 Å². The number of anilines is 1. The molecule has 1 atom stereocenters. The van der Waals surface area contributed by atoms with Crippen LogP contribution in [0.2, 0.25) is 0 Å². The third-order valence-corrected chi connectivity index (χ3v) is 6.09. The van der Waals surface area contributed by atoms with Crippen molar-refractivity contribution in [2.75, 3.05) is 25.0 Å². The molecular weight excluding hydrogens is 338 g/mol. The number of rotatable bonds is 7. The summed E-state index contributed by atoms with van der Waals surface area (Å²) in [6.07, 6.45) is 5.48. The van der Waals surface area contributed by atoms with E-state index in [0.717, 1.165) is 32.4 Å². The van der Waals surface area contributed by atoms with Crippen LogP contribution in [0.3, 0.4) is 0 Å². The van der Waals surface area contributed by atoms with Crippen LogP contribution < -0.4 is 10.0 Å². The standard InChI is InChI=1S/C18H29N3O3S/c1-3-15(2)20-25(23,24)17-10-8-16(9-11-17)19-18(22)14-21-12-6-4-5-7-13-21/h8-11,15,20H,3-7,12-14H2,1-2H3,(H,19,22). The van der Waals surface area contributed by atoms with Gasteiger partial charge in [-0.2, -0.15) is 0 Å². The van der Waals surface area contributed by atoms with E-state index in [2.05, 4.69) is 14.9 Å². The van der Waals surface area contributed by atoms with Crippen molar-refractivity contribution in [1.82, 2.24) is 9.62 Å². The van der Waals surface area contributed by atoms with Gasteiger partial charge in [0.1, 0.15) is 0 Å². The number of sulfonamides is 1.